The molecule has 0 aliphatic rings. The number of hydrogen-bond acceptors (Lipinski definition) is 7. The van der Waals surface area contributed by atoms with E-state index in [1.807, 2.05) is 67.4 Å². The predicted molar refractivity (Wildman–Crippen MR) is 119 cm³/mol. The van der Waals surface area contributed by atoms with Crippen molar-refractivity contribution in [3.8, 4) is 5.75 Å². The number of anilines is 1. The van der Waals surface area contributed by atoms with E-state index in [0.29, 0.717) is 38.8 Å². The minimum absolute atomic E-state index is 0.243. The number of fused-ring (bicyclic) bond motifs is 1. The lowest BCUT2D eigenvalue weighted by molar-refractivity contribution is -0.142. The summed E-state index contributed by atoms with van der Waals surface area (Å²) in [7, 11) is 1.92. The molecular formula is C24H28N2O5. The number of oxazole rings is 1. The smallest absolute Gasteiger partial charge is 0.373 e. The van der Waals surface area contributed by atoms with Crippen molar-refractivity contribution in [2.24, 2.45) is 0 Å². The number of likely N-dealkylation sites (N-methyl/N-ethyl adjacent to an activating group) is 1. The number of nitrogens with zero attached hydrogens (tertiary/aromatic N) is 2. The second kappa shape index (κ2) is 11.1. The number of ether oxygens (including phenoxy) is 3. The number of aromatic nitrogens is 1. The molecule has 2 aromatic carbocycles. The van der Waals surface area contributed by atoms with Gasteiger partial charge >= 0.3 is 5.97 Å². The standard InChI is InChI=1S/C24H28N2O5/c1-4-28-22(23(27)29-5-2)15-12-18-10-13-19(14-11-18)30-17-16-26(3)24-25-20-8-6-7-9-21(20)31-24/h6-11,13-15H,4-5,12,16-17H2,1-3H3. The number of rotatable bonds is 11. The van der Waals surface area contributed by atoms with Crippen LogP contribution in [0.3, 0.4) is 0 Å². The number of para-hydroxylation sites is 2. The Hall–Kier alpha value is -3.48. The predicted octanol–water partition coefficient (Wildman–Crippen LogP) is 4.37. The summed E-state index contributed by atoms with van der Waals surface area (Å²) in [6.07, 6.45) is 2.31. The van der Waals surface area contributed by atoms with Crippen molar-refractivity contribution in [1.82, 2.24) is 4.98 Å². The summed E-state index contributed by atoms with van der Waals surface area (Å²) < 4.78 is 22.0. The van der Waals surface area contributed by atoms with Crippen molar-refractivity contribution in [2.75, 3.05) is 38.3 Å². The van der Waals surface area contributed by atoms with Gasteiger partial charge in [-0.15, -0.1) is 0 Å². The quantitative estimate of drug-likeness (QED) is 0.257. The minimum Gasteiger partial charge on any atom is -0.492 e. The van der Waals surface area contributed by atoms with Crippen LogP contribution >= 0.6 is 0 Å². The molecule has 1 heterocycles. The van der Waals surface area contributed by atoms with Gasteiger partial charge < -0.3 is 23.5 Å². The van der Waals surface area contributed by atoms with Crippen LogP contribution in [0.4, 0.5) is 6.01 Å². The van der Waals surface area contributed by atoms with Crippen LogP contribution in [0.1, 0.15) is 19.4 Å². The number of hydrogen-bond donors (Lipinski definition) is 0. The molecule has 164 valence electrons. The molecule has 3 rings (SSSR count). The maximum Gasteiger partial charge on any atom is 0.373 e. The van der Waals surface area contributed by atoms with Crippen LogP contribution in [0.25, 0.3) is 11.1 Å². The van der Waals surface area contributed by atoms with Gasteiger partial charge in [0.2, 0.25) is 5.76 Å². The fourth-order valence-electron chi connectivity index (χ4n) is 2.91. The molecule has 0 saturated heterocycles. The monoisotopic (exact) mass is 424 g/mol. The van der Waals surface area contributed by atoms with Gasteiger partial charge in [-0.3, -0.25) is 0 Å². The summed E-state index contributed by atoms with van der Waals surface area (Å²) in [5.41, 5.74) is 2.65. The van der Waals surface area contributed by atoms with Crippen molar-refractivity contribution in [2.45, 2.75) is 20.3 Å². The Balaban J connectivity index is 1.49. The number of carbonyl (C=O) groups is 1. The molecule has 0 unspecified atom stereocenters. The fraction of sp³-hybridized carbons (Fsp3) is 0.333. The number of carbonyl (C=O) groups excluding carboxylic acids is 1. The zero-order valence-corrected chi connectivity index (χ0v) is 18.2. The van der Waals surface area contributed by atoms with E-state index in [1.54, 1.807) is 13.0 Å². The van der Waals surface area contributed by atoms with Crippen LogP contribution < -0.4 is 9.64 Å². The van der Waals surface area contributed by atoms with Crippen molar-refractivity contribution < 1.29 is 23.4 Å². The van der Waals surface area contributed by atoms with E-state index >= 15 is 0 Å². The average Bonchev–Trinajstić information content (AvgIpc) is 3.22. The van der Waals surface area contributed by atoms with Crippen LogP contribution in [-0.4, -0.2) is 44.4 Å². The number of allylic oxidation sites excluding steroid dienone is 1. The zero-order chi connectivity index (χ0) is 22.1. The topological polar surface area (TPSA) is 74.0 Å². The number of esters is 1. The van der Waals surface area contributed by atoms with E-state index < -0.39 is 5.97 Å². The van der Waals surface area contributed by atoms with E-state index in [0.717, 1.165) is 22.4 Å². The van der Waals surface area contributed by atoms with Gasteiger partial charge in [-0.25, -0.2) is 4.79 Å². The van der Waals surface area contributed by atoms with Gasteiger partial charge in [-0.1, -0.05) is 24.3 Å². The van der Waals surface area contributed by atoms with Crippen LogP contribution in [0.15, 0.2) is 64.8 Å². The van der Waals surface area contributed by atoms with Crippen LogP contribution in [-0.2, 0) is 20.7 Å². The first-order chi connectivity index (χ1) is 15.1. The molecule has 0 radical (unpaired) electrons. The molecule has 31 heavy (non-hydrogen) atoms. The Labute approximate surface area is 182 Å². The normalized spacial score (nSPS) is 11.4. The molecule has 0 spiro atoms. The van der Waals surface area contributed by atoms with Crippen molar-refractivity contribution >= 4 is 23.1 Å². The highest BCUT2D eigenvalue weighted by molar-refractivity contribution is 5.86. The summed E-state index contributed by atoms with van der Waals surface area (Å²) in [5.74, 6) is 0.577. The third-order valence-electron chi connectivity index (χ3n) is 4.53. The molecule has 0 amide bonds. The lowest BCUT2D eigenvalue weighted by atomic mass is 10.1. The Kier molecular flexibility index (Phi) is 7.92. The second-order valence-electron chi connectivity index (χ2n) is 6.80. The molecule has 0 bridgehead atoms. The summed E-state index contributed by atoms with van der Waals surface area (Å²) >= 11 is 0. The first-order valence-corrected chi connectivity index (χ1v) is 10.4. The summed E-state index contributed by atoms with van der Waals surface area (Å²) in [5, 5.41) is 0. The fourth-order valence-corrected chi connectivity index (χ4v) is 2.91. The first-order valence-electron chi connectivity index (χ1n) is 10.4. The second-order valence-corrected chi connectivity index (χ2v) is 6.80. The molecule has 0 saturated carbocycles. The first kappa shape index (κ1) is 22.2. The Morgan fingerprint density at radius 1 is 1.06 bits per heavy atom. The Morgan fingerprint density at radius 2 is 1.81 bits per heavy atom. The molecule has 3 aromatic rings. The number of benzene rings is 2. The maximum atomic E-state index is 11.9. The van der Waals surface area contributed by atoms with Crippen LogP contribution in [0, 0.1) is 0 Å². The molecule has 1 aromatic heterocycles. The zero-order valence-electron chi connectivity index (χ0n) is 18.2. The van der Waals surface area contributed by atoms with Gasteiger partial charge in [-0.2, -0.15) is 4.98 Å². The molecule has 7 heteroatoms. The average molecular weight is 424 g/mol. The molecule has 0 N–H and O–H groups in total. The molecule has 0 fully saturated rings. The molecule has 0 atom stereocenters. The van der Waals surface area contributed by atoms with E-state index in [2.05, 4.69) is 4.98 Å². The maximum absolute atomic E-state index is 11.9. The van der Waals surface area contributed by atoms with Gasteiger partial charge in [0.25, 0.3) is 6.01 Å². The van der Waals surface area contributed by atoms with Gasteiger partial charge in [0.1, 0.15) is 17.9 Å². The molecule has 0 aliphatic carbocycles. The van der Waals surface area contributed by atoms with Crippen molar-refractivity contribution in [3.05, 3.63) is 65.9 Å². The van der Waals surface area contributed by atoms with Gasteiger partial charge in [-0.05, 0) is 56.2 Å². The lowest BCUT2D eigenvalue weighted by Gasteiger charge is -2.15. The molecular weight excluding hydrogens is 396 g/mol. The highest BCUT2D eigenvalue weighted by Gasteiger charge is 2.12. The lowest BCUT2D eigenvalue weighted by Crippen LogP contribution is -2.23. The van der Waals surface area contributed by atoms with Gasteiger partial charge in [0, 0.05) is 7.05 Å². The van der Waals surface area contributed by atoms with Crippen molar-refractivity contribution in [3.63, 3.8) is 0 Å². The molecule has 0 aliphatic heterocycles. The van der Waals surface area contributed by atoms with Crippen LogP contribution in [0.5, 0.6) is 5.75 Å². The Bertz CT molecular complexity index is 977. The SMILES string of the molecule is CCOC(=O)C(=CCc1ccc(OCCN(C)c2nc3ccccc3o2)cc1)OCC. The highest BCUT2D eigenvalue weighted by Crippen LogP contribution is 2.20. The van der Waals surface area contributed by atoms with Crippen molar-refractivity contribution in [1.29, 1.82) is 0 Å². The minimum atomic E-state index is -0.438. The van der Waals surface area contributed by atoms with E-state index in [-0.39, 0.29) is 5.76 Å². The largest absolute Gasteiger partial charge is 0.492 e. The summed E-state index contributed by atoms with van der Waals surface area (Å²) in [4.78, 5) is 18.3. The van der Waals surface area contributed by atoms with E-state index in [1.165, 1.54) is 0 Å². The molecule has 7 nitrogen and oxygen atoms in total. The Morgan fingerprint density at radius 3 is 2.52 bits per heavy atom. The van der Waals surface area contributed by atoms with Gasteiger partial charge in [0.05, 0.1) is 19.8 Å². The van der Waals surface area contributed by atoms with Gasteiger partial charge in [0.15, 0.2) is 5.58 Å². The van der Waals surface area contributed by atoms with Crippen LogP contribution in [0.2, 0.25) is 0 Å². The summed E-state index contributed by atoms with van der Waals surface area (Å²) in [6, 6.07) is 16.0. The third kappa shape index (κ3) is 6.25. The van der Waals surface area contributed by atoms with E-state index in [9.17, 15) is 4.79 Å². The summed E-state index contributed by atoms with van der Waals surface area (Å²) in [6.45, 7) is 5.46. The van der Waals surface area contributed by atoms with E-state index in [4.69, 9.17) is 18.6 Å². The highest BCUT2D eigenvalue weighted by atomic mass is 16.6. The third-order valence-corrected chi connectivity index (χ3v) is 4.53.